The van der Waals surface area contributed by atoms with Gasteiger partial charge in [0, 0.05) is 24.4 Å². The van der Waals surface area contributed by atoms with Crippen LogP contribution >= 0.6 is 11.3 Å². The number of para-hydroxylation sites is 2. The summed E-state index contributed by atoms with van der Waals surface area (Å²) in [5, 5.41) is 5.14. The number of aromatic nitrogens is 1. The van der Waals surface area contributed by atoms with Crippen molar-refractivity contribution in [2.24, 2.45) is 0 Å². The lowest BCUT2D eigenvalue weighted by atomic mass is 10.2. The van der Waals surface area contributed by atoms with Gasteiger partial charge in [0.05, 0.1) is 11.6 Å². The lowest BCUT2D eigenvalue weighted by Gasteiger charge is -2.26. The third-order valence-corrected chi connectivity index (χ3v) is 6.06. The third-order valence-electron chi connectivity index (χ3n) is 5.08. The van der Waals surface area contributed by atoms with Crippen molar-refractivity contribution in [3.05, 3.63) is 57.2 Å². The Labute approximate surface area is 161 Å². The molecule has 6 nitrogen and oxygen atoms in total. The van der Waals surface area contributed by atoms with Gasteiger partial charge in [-0.15, -0.1) is 11.3 Å². The molecule has 1 aliphatic heterocycles. The van der Waals surface area contributed by atoms with E-state index in [9.17, 15) is 9.59 Å². The summed E-state index contributed by atoms with van der Waals surface area (Å²) in [6.45, 7) is 3.07. The number of likely N-dealkylation sites (tertiary alicyclic amines) is 1. The summed E-state index contributed by atoms with van der Waals surface area (Å²) in [5.74, 6) is -0.467. The molecule has 1 atom stereocenters. The fourth-order valence-electron chi connectivity index (χ4n) is 3.68. The first-order valence-electron chi connectivity index (χ1n) is 9.35. The summed E-state index contributed by atoms with van der Waals surface area (Å²) in [6.07, 6.45) is 2.68. The fraction of sp³-hybridized carbons (Fsp3) is 0.400. The van der Waals surface area contributed by atoms with E-state index in [2.05, 4.69) is 27.7 Å². The molecule has 1 aliphatic rings. The molecule has 0 radical (unpaired) electrons. The van der Waals surface area contributed by atoms with Crippen LogP contribution < -0.4 is 11.1 Å². The van der Waals surface area contributed by atoms with E-state index in [0.29, 0.717) is 18.7 Å². The predicted molar refractivity (Wildman–Crippen MR) is 106 cm³/mol. The summed E-state index contributed by atoms with van der Waals surface area (Å²) in [7, 11) is 0. The Morgan fingerprint density at radius 3 is 2.78 bits per heavy atom. The van der Waals surface area contributed by atoms with Crippen LogP contribution in [0.1, 0.15) is 30.2 Å². The molecule has 3 heterocycles. The Kier molecular flexibility index (Phi) is 5.40. The van der Waals surface area contributed by atoms with Crippen molar-refractivity contribution >= 4 is 28.3 Å². The first-order chi connectivity index (χ1) is 13.2. The Bertz CT molecular complexity index is 954. The van der Waals surface area contributed by atoms with Crippen molar-refractivity contribution in [2.75, 3.05) is 19.6 Å². The normalized spacial score (nSPS) is 16.0. The minimum atomic E-state index is -0.419. The minimum absolute atomic E-state index is 0.0482. The molecule has 2 aromatic heterocycles. The van der Waals surface area contributed by atoms with Gasteiger partial charge in [0.2, 0.25) is 5.91 Å². The van der Waals surface area contributed by atoms with E-state index in [1.165, 1.54) is 22.3 Å². The number of hydrogen-bond acceptors (Lipinski definition) is 5. The van der Waals surface area contributed by atoms with E-state index in [1.54, 1.807) is 17.4 Å². The number of oxazole rings is 1. The van der Waals surface area contributed by atoms with Gasteiger partial charge in [0.15, 0.2) is 5.58 Å². The van der Waals surface area contributed by atoms with Crippen LogP contribution in [0.3, 0.4) is 0 Å². The Hall–Kier alpha value is -2.38. The lowest BCUT2D eigenvalue weighted by Crippen LogP contribution is -2.36. The first kappa shape index (κ1) is 18.0. The second-order valence-corrected chi connectivity index (χ2v) is 7.79. The summed E-state index contributed by atoms with van der Waals surface area (Å²) < 4.78 is 6.74. The molecule has 1 N–H and O–H groups in total. The van der Waals surface area contributed by atoms with Gasteiger partial charge in [-0.1, -0.05) is 18.2 Å². The van der Waals surface area contributed by atoms with Crippen molar-refractivity contribution in [1.82, 2.24) is 14.8 Å². The zero-order valence-electron chi connectivity index (χ0n) is 15.1. The highest BCUT2D eigenvalue weighted by atomic mass is 32.1. The molecular weight excluding hydrogens is 362 g/mol. The molecule has 0 spiro atoms. The van der Waals surface area contributed by atoms with Gasteiger partial charge in [-0.05, 0) is 49.5 Å². The van der Waals surface area contributed by atoms with Gasteiger partial charge in [-0.25, -0.2) is 4.79 Å². The maximum absolute atomic E-state index is 12.4. The number of thiophene rings is 1. The summed E-state index contributed by atoms with van der Waals surface area (Å²) in [6, 6.07) is 11.7. The summed E-state index contributed by atoms with van der Waals surface area (Å²) >= 11 is 1.73. The molecule has 1 fully saturated rings. The van der Waals surface area contributed by atoms with Crippen molar-refractivity contribution in [1.29, 1.82) is 0 Å². The molecule has 4 rings (SSSR count). The number of carbonyl (C=O) groups excluding carboxylic acids is 1. The number of benzene rings is 1. The monoisotopic (exact) mass is 385 g/mol. The summed E-state index contributed by atoms with van der Waals surface area (Å²) in [4.78, 5) is 28.1. The van der Waals surface area contributed by atoms with Crippen molar-refractivity contribution in [3.8, 4) is 0 Å². The average Bonchev–Trinajstić information content (AvgIpc) is 3.42. The molecular formula is C20H23N3O3S. The molecule has 0 saturated carbocycles. The van der Waals surface area contributed by atoms with Gasteiger partial charge >= 0.3 is 5.76 Å². The smallest absolute Gasteiger partial charge is 0.408 e. The molecule has 1 aromatic carbocycles. The SMILES string of the molecule is O=C(CCn1c(=O)oc2ccccc21)NCC(c1cccs1)N1CCCC1. The summed E-state index contributed by atoms with van der Waals surface area (Å²) in [5.41, 5.74) is 1.28. The van der Waals surface area contributed by atoms with Crippen LogP contribution in [0.2, 0.25) is 0 Å². The van der Waals surface area contributed by atoms with Crippen LogP contribution in [0.25, 0.3) is 11.1 Å². The highest BCUT2D eigenvalue weighted by Gasteiger charge is 2.24. The molecule has 0 bridgehead atoms. The highest BCUT2D eigenvalue weighted by molar-refractivity contribution is 7.10. The molecule has 3 aromatic rings. The largest absolute Gasteiger partial charge is 0.419 e. The Morgan fingerprint density at radius 2 is 2.00 bits per heavy atom. The molecule has 1 saturated heterocycles. The van der Waals surface area contributed by atoms with Gasteiger partial charge in [0.25, 0.3) is 0 Å². The van der Waals surface area contributed by atoms with Crippen LogP contribution in [0, 0.1) is 0 Å². The van der Waals surface area contributed by atoms with Crippen molar-refractivity contribution < 1.29 is 9.21 Å². The number of nitrogens with one attached hydrogen (secondary N) is 1. The van der Waals surface area contributed by atoms with Crippen molar-refractivity contribution in [2.45, 2.75) is 31.8 Å². The standard InChI is InChI=1S/C20H23N3O3S/c24-19(9-12-23-15-6-1-2-7-17(15)26-20(23)25)21-14-16(18-8-5-13-27-18)22-10-3-4-11-22/h1-2,5-8,13,16H,3-4,9-12,14H2,(H,21,24). The number of nitrogens with zero attached hydrogens (tertiary/aromatic N) is 2. The Morgan fingerprint density at radius 1 is 1.19 bits per heavy atom. The van der Waals surface area contributed by atoms with E-state index < -0.39 is 5.76 Å². The van der Waals surface area contributed by atoms with Gasteiger partial charge in [-0.3, -0.25) is 14.3 Å². The number of carbonyl (C=O) groups is 1. The van der Waals surface area contributed by atoms with Gasteiger partial charge < -0.3 is 9.73 Å². The van der Waals surface area contributed by atoms with Crippen LogP contribution in [0.5, 0.6) is 0 Å². The predicted octanol–water partition coefficient (Wildman–Crippen LogP) is 3.00. The van der Waals surface area contributed by atoms with Gasteiger partial charge in [-0.2, -0.15) is 0 Å². The zero-order chi connectivity index (χ0) is 18.6. The first-order valence-corrected chi connectivity index (χ1v) is 10.2. The number of amides is 1. The van der Waals surface area contributed by atoms with E-state index >= 15 is 0 Å². The van der Waals surface area contributed by atoms with E-state index in [4.69, 9.17) is 4.42 Å². The maximum Gasteiger partial charge on any atom is 0.419 e. The maximum atomic E-state index is 12.4. The molecule has 27 heavy (non-hydrogen) atoms. The second kappa shape index (κ2) is 8.10. The number of hydrogen-bond donors (Lipinski definition) is 1. The Balaban J connectivity index is 1.37. The van der Waals surface area contributed by atoms with Gasteiger partial charge in [0.1, 0.15) is 0 Å². The lowest BCUT2D eigenvalue weighted by molar-refractivity contribution is -0.121. The highest BCUT2D eigenvalue weighted by Crippen LogP contribution is 2.27. The van der Waals surface area contributed by atoms with Crippen molar-refractivity contribution in [3.63, 3.8) is 0 Å². The molecule has 1 amide bonds. The molecule has 1 unspecified atom stereocenters. The van der Waals surface area contributed by atoms with Crippen LogP contribution in [0.4, 0.5) is 0 Å². The number of aryl methyl sites for hydroxylation is 1. The third kappa shape index (κ3) is 3.99. The average molecular weight is 385 g/mol. The second-order valence-electron chi connectivity index (χ2n) is 6.82. The van der Waals surface area contributed by atoms with Crippen LogP contribution in [-0.4, -0.2) is 35.0 Å². The van der Waals surface area contributed by atoms with E-state index in [-0.39, 0.29) is 18.4 Å². The number of rotatable bonds is 7. The van der Waals surface area contributed by atoms with E-state index in [1.807, 2.05) is 18.2 Å². The fourth-order valence-corrected chi connectivity index (χ4v) is 4.54. The zero-order valence-corrected chi connectivity index (χ0v) is 15.9. The molecule has 7 heteroatoms. The van der Waals surface area contributed by atoms with Crippen LogP contribution in [0.15, 0.2) is 51.0 Å². The van der Waals surface area contributed by atoms with Crippen LogP contribution in [-0.2, 0) is 11.3 Å². The number of fused-ring (bicyclic) bond motifs is 1. The quantitative estimate of drug-likeness (QED) is 0.679. The topological polar surface area (TPSA) is 67.5 Å². The minimum Gasteiger partial charge on any atom is -0.408 e. The van der Waals surface area contributed by atoms with E-state index in [0.717, 1.165) is 18.6 Å². The molecule has 0 aliphatic carbocycles. The molecule has 142 valence electrons.